The lowest BCUT2D eigenvalue weighted by Gasteiger charge is -2.08. The van der Waals surface area contributed by atoms with Crippen molar-refractivity contribution in [3.63, 3.8) is 0 Å². The Labute approximate surface area is 153 Å². The molecule has 0 aliphatic heterocycles. The lowest BCUT2D eigenvalue weighted by molar-refractivity contribution is 0.453. The Morgan fingerprint density at radius 1 is 1.04 bits per heavy atom. The first-order chi connectivity index (χ1) is 12.7. The van der Waals surface area contributed by atoms with Gasteiger partial charge in [-0.25, -0.2) is 23.1 Å². The third-order valence-electron chi connectivity index (χ3n) is 3.35. The van der Waals surface area contributed by atoms with Gasteiger partial charge in [0.25, 0.3) is 15.6 Å². The lowest BCUT2D eigenvalue weighted by Crippen LogP contribution is -2.15. The van der Waals surface area contributed by atoms with Gasteiger partial charge in [0.2, 0.25) is 17.5 Å². The molecule has 0 fully saturated rings. The van der Waals surface area contributed by atoms with Crippen molar-refractivity contribution in [2.24, 2.45) is 10.2 Å². The van der Waals surface area contributed by atoms with Crippen LogP contribution in [0.15, 0.2) is 50.3 Å². The van der Waals surface area contributed by atoms with Crippen LogP contribution in [0.2, 0.25) is 0 Å². The molecule has 0 unspecified atom stereocenters. The standard InChI is InChI=1S/C15H15N7O4S/c1-8-7-9(2)17-15(16-8)22-27(25,26)11-5-3-10(4-6-11)18-19-12-13(23)20-21-14(12)24/h3-7H,1-2H3,(H,16,17,22)(H3,20,21,23,24). The van der Waals surface area contributed by atoms with Crippen LogP contribution in [-0.4, -0.2) is 33.7 Å². The van der Waals surface area contributed by atoms with Gasteiger partial charge in [0.15, 0.2) is 0 Å². The van der Waals surface area contributed by atoms with Gasteiger partial charge in [-0.15, -0.1) is 5.11 Å². The Hall–Kier alpha value is -3.54. The number of hydrogen-bond acceptors (Lipinski definition) is 8. The molecule has 0 radical (unpaired) electrons. The Morgan fingerprint density at radius 2 is 1.67 bits per heavy atom. The first-order valence-corrected chi connectivity index (χ1v) is 9.09. The monoisotopic (exact) mass is 389 g/mol. The number of benzene rings is 1. The molecule has 0 saturated carbocycles. The van der Waals surface area contributed by atoms with E-state index in [1.54, 1.807) is 19.9 Å². The molecule has 140 valence electrons. The zero-order valence-electron chi connectivity index (χ0n) is 14.3. The minimum atomic E-state index is -3.88. The maximum Gasteiger partial charge on any atom is 0.295 e. The molecule has 0 atom stereocenters. The summed E-state index contributed by atoms with van der Waals surface area (Å²) in [5.74, 6) is -0.459. The second kappa shape index (κ2) is 6.99. The molecular formula is C15H15N7O4S. The van der Waals surface area contributed by atoms with Gasteiger partial charge in [-0.05, 0) is 44.2 Å². The zero-order chi connectivity index (χ0) is 19.6. The Kier molecular flexibility index (Phi) is 4.73. The van der Waals surface area contributed by atoms with Gasteiger partial charge in [-0.2, -0.15) is 5.11 Å². The van der Waals surface area contributed by atoms with E-state index in [-0.39, 0.29) is 22.2 Å². The normalized spacial score (nSPS) is 11.8. The molecule has 12 heteroatoms. The molecule has 4 N–H and O–H groups in total. The molecule has 1 aromatic carbocycles. The number of anilines is 1. The van der Waals surface area contributed by atoms with Crippen molar-refractivity contribution in [2.45, 2.75) is 18.7 Å². The van der Waals surface area contributed by atoms with E-state index in [0.717, 1.165) is 0 Å². The first-order valence-electron chi connectivity index (χ1n) is 7.61. The second-order valence-corrected chi connectivity index (χ2v) is 7.23. The van der Waals surface area contributed by atoms with Crippen LogP contribution >= 0.6 is 0 Å². The Bertz CT molecular complexity index is 1140. The number of nitrogens with zero attached hydrogens (tertiary/aromatic N) is 4. The third kappa shape index (κ3) is 4.17. The summed E-state index contributed by atoms with van der Waals surface area (Å²) in [4.78, 5) is 19.4. The highest BCUT2D eigenvalue weighted by molar-refractivity contribution is 7.92. The van der Waals surface area contributed by atoms with Gasteiger partial charge in [-0.1, -0.05) is 0 Å². The average Bonchev–Trinajstić information content (AvgIpc) is 2.90. The van der Waals surface area contributed by atoms with E-state index >= 15 is 0 Å². The maximum absolute atomic E-state index is 12.4. The van der Waals surface area contributed by atoms with Crippen LogP contribution in [0.1, 0.15) is 11.4 Å². The molecule has 11 nitrogen and oxygen atoms in total. The number of rotatable bonds is 5. The van der Waals surface area contributed by atoms with Crippen molar-refractivity contribution < 1.29 is 13.5 Å². The SMILES string of the molecule is Cc1cc(C)nc(NS(=O)(=O)c2ccc(N=Nc3c(O)[nH][nH]c3=O)cc2)n1. The topological polar surface area (TPSA) is 166 Å². The van der Waals surface area contributed by atoms with E-state index in [9.17, 15) is 18.3 Å². The second-order valence-electron chi connectivity index (χ2n) is 5.55. The van der Waals surface area contributed by atoms with Crippen LogP contribution < -0.4 is 10.3 Å². The predicted molar refractivity (Wildman–Crippen MR) is 96.0 cm³/mol. The largest absolute Gasteiger partial charge is 0.492 e. The molecule has 0 aliphatic carbocycles. The van der Waals surface area contributed by atoms with E-state index in [1.165, 1.54) is 24.3 Å². The summed E-state index contributed by atoms with van der Waals surface area (Å²) in [7, 11) is -3.88. The summed E-state index contributed by atoms with van der Waals surface area (Å²) >= 11 is 0. The van der Waals surface area contributed by atoms with Crippen LogP contribution in [0.5, 0.6) is 5.88 Å². The molecule has 2 aromatic heterocycles. The third-order valence-corrected chi connectivity index (χ3v) is 4.70. The number of aromatic amines is 2. The highest BCUT2D eigenvalue weighted by Crippen LogP contribution is 2.23. The maximum atomic E-state index is 12.4. The van der Waals surface area contributed by atoms with Gasteiger partial charge < -0.3 is 5.11 Å². The molecule has 0 bridgehead atoms. The number of hydrogen-bond donors (Lipinski definition) is 4. The fourth-order valence-electron chi connectivity index (χ4n) is 2.19. The van der Waals surface area contributed by atoms with E-state index in [2.05, 4.69) is 35.1 Å². The summed E-state index contributed by atoms with van der Waals surface area (Å²) in [6.07, 6.45) is 0. The molecule has 3 aromatic rings. The molecule has 2 heterocycles. The Balaban J connectivity index is 1.80. The minimum Gasteiger partial charge on any atom is -0.492 e. The van der Waals surface area contributed by atoms with E-state index in [1.807, 2.05) is 0 Å². The predicted octanol–water partition coefficient (Wildman–Crippen LogP) is 2.03. The van der Waals surface area contributed by atoms with Crippen LogP contribution in [-0.2, 0) is 10.0 Å². The lowest BCUT2D eigenvalue weighted by atomic mass is 10.3. The number of sulfonamides is 1. The fourth-order valence-corrected chi connectivity index (χ4v) is 3.13. The summed E-state index contributed by atoms with van der Waals surface area (Å²) < 4.78 is 27.2. The van der Waals surface area contributed by atoms with Crippen LogP contribution in [0, 0.1) is 13.8 Å². The molecule has 0 aliphatic rings. The Morgan fingerprint density at radius 3 is 2.22 bits per heavy atom. The molecule has 0 spiro atoms. The van der Waals surface area contributed by atoms with Crippen molar-refractivity contribution in [2.75, 3.05) is 4.72 Å². The van der Waals surface area contributed by atoms with Gasteiger partial charge in [0.1, 0.15) is 0 Å². The smallest absolute Gasteiger partial charge is 0.295 e. The zero-order valence-corrected chi connectivity index (χ0v) is 15.1. The minimum absolute atomic E-state index is 0.0153. The van der Waals surface area contributed by atoms with Gasteiger partial charge in [0.05, 0.1) is 10.6 Å². The molecule has 3 rings (SSSR count). The average molecular weight is 389 g/mol. The number of aromatic hydroxyl groups is 1. The highest BCUT2D eigenvalue weighted by Gasteiger charge is 2.16. The number of azo groups is 1. The van der Waals surface area contributed by atoms with Crippen molar-refractivity contribution in [1.29, 1.82) is 0 Å². The van der Waals surface area contributed by atoms with Gasteiger partial charge in [0, 0.05) is 11.4 Å². The van der Waals surface area contributed by atoms with Crippen molar-refractivity contribution in [1.82, 2.24) is 20.2 Å². The summed E-state index contributed by atoms with van der Waals surface area (Å²) in [5.41, 5.74) is 0.655. The summed E-state index contributed by atoms with van der Waals surface area (Å²) in [6, 6.07) is 7.17. The summed E-state index contributed by atoms with van der Waals surface area (Å²) in [5, 5.41) is 21.2. The number of aryl methyl sites for hydroxylation is 2. The molecular weight excluding hydrogens is 374 g/mol. The quantitative estimate of drug-likeness (QED) is 0.487. The molecule has 0 amide bonds. The van der Waals surface area contributed by atoms with Crippen molar-refractivity contribution in [3.8, 4) is 5.88 Å². The molecule has 0 saturated heterocycles. The van der Waals surface area contributed by atoms with Crippen molar-refractivity contribution >= 4 is 27.3 Å². The van der Waals surface area contributed by atoms with E-state index < -0.39 is 21.5 Å². The summed E-state index contributed by atoms with van der Waals surface area (Å²) in [6.45, 7) is 3.47. The highest BCUT2D eigenvalue weighted by atomic mass is 32.2. The van der Waals surface area contributed by atoms with Crippen LogP contribution in [0.3, 0.4) is 0 Å². The van der Waals surface area contributed by atoms with Gasteiger partial charge >= 0.3 is 0 Å². The van der Waals surface area contributed by atoms with E-state index in [0.29, 0.717) is 11.4 Å². The number of aromatic nitrogens is 4. The molecule has 27 heavy (non-hydrogen) atoms. The first kappa shape index (κ1) is 18.3. The number of H-pyrrole nitrogens is 2. The van der Waals surface area contributed by atoms with Crippen LogP contribution in [0.4, 0.5) is 17.3 Å². The fraction of sp³-hybridized carbons (Fsp3) is 0.133. The van der Waals surface area contributed by atoms with E-state index in [4.69, 9.17) is 0 Å². The van der Waals surface area contributed by atoms with Crippen LogP contribution in [0.25, 0.3) is 0 Å². The van der Waals surface area contributed by atoms with Gasteiger partial charge in [-0.3, -0.25) is 15.0 Å². The number of nitrogens with one attached hydrogen (secondary N) is 3. The van der Waals surface area contributed by atoms with Crippen molar-refractivity contribution in [3.05, 3.63) is 52.1 Å².